The number of anilines is 2. The summed E-state index contributed by atoms with van der Waals surface area (Å²) in [4.78, 5) is 23.7. The van der Waals surface area contributed by atoms with Gasteiger partial charge in [-0.05, 0) is 25.5 Å². The highest BCUT2D eigenvalue weighted by molar-refractivity contribution is 5.88. The van der Waals surface area contributed by atoms with E-state index in [9.17, 15) is 18.0 Å². The number of hydrogen-bond acceptors (Lipinski definition) is 6. The van der Waals surface area contributed by atoms with Crippen LogP contribution in [0.2, 0.25) is 0 Å². The molecule has 0 saturated heterocycles. The zero-order chi connectivity index (χ0) is 20.7. The fourth-order valence-corrected chi connectivity index (χ4v) is 2.35. The first-order chi connectivity index (χ1) is 13.2. The van der Waals surface area contributed by atoms with Gasteiger partial charge in [0.05, 0.1) is 18.8 Å². The van der Waals surface area contributed by atoms with Gasteiger partial charge in [0.2, 0.25) is 17.8 Å². The van der Waals surface area contributed by atoms with Crippen LogP contribution in [0.5, 0.6) is 0 Å². The number of aromatic nitrogens is 3. The van der Waals surface area contributed by atoms with Crippen molar-refractivity contribution in [1.82, 2.24) is 15.0 Å². The van der Waals surface area contributed by atoms with Crippen LogP contribution in [0.3, 0.4) is 0 Å². The fraction of sp³-hybridized carbons (Fsp3) is 0.444. The summed E-state index contributed by atoms with van der Waals surface area (Å²) in [6, 6.07) is 5.01. The second-order valence-electron chi connectivity index (χ2n) is 6.15. The van der Waals surface area contributed by atoms with Crippen molar-refractivity contribution >= 4 is 17.8 Å². The first kappa shape index (κ1) is 21.5. The van der Waals surface area contributed by atoms with Crippen molar-refractivity contribution in [2.24, 2.45) is 0 Å². The second-order valence-corrected chi connectivity index (χ2v) is 6.15. The maximum absolute atomic E-state index is 13.0. The smallest absolute Gasteiger partial charge is 0.375 e. The van der Waals surface area contributed by atoms with Gasteiger partial charge in [-0.1, -0.05) is 25.1 Å². The van der Waals surface area contributed by atoms with E-state index >= 15 is 0 Å². The molecule has 152 valence electrons. The lowest BCUT2D eigenvalue weighted by Gasteiger charge is -2.16. The summed E-state index contributed by atoms with van der Waals surface area (Å²) < 4.78 is 44.4. The van der Waals surface area contributed by atoms with Crippen molar-refractivity contribution < 1.29 is 22.7 Å². The van der Waals surface area contributed by atoms with E-state index in [1.54, 1.807) is 20.8 Å². The van der Waals surface area contributed by atoms with Crippen LogP contribution in [-0.2, 0) is 22.3 Å². The summed E-state index contributed by atoms with van der Waals surface area (Å²) >= 11 is 0. The lowest BCUT2D eigenvalue weighted by atomic mass is 10.1. The summed E-state index contributed by atoms with van der Waals surface area (Å²) in [5.74, 6) is 0.562. The Labute approximate surface area is 160 Å². The van der Waals surface area contributed by atoms with Gasteiger partial charge in [0.15, 0.2) is 0 Å². The Bertz CT molecular complexity index is 814. The number of ether oxygens (including phenoxy) is 1. The Balaban J connectivity index is 1.93. The average Bonchev–Trinajstić information content (AvgIpc) is 2.60. The normalized spacial score (nSPS) is 12.5. The van der Waals surface area contributed by atoms with Gasteiger partial charge < -0.3 is 10.1 Å². The molecule has 1 amide bonds. The number of nitrogens with one attached hydrogen (secondary N) is 2. The molecule has 7 nitrogen and oxygen atoms in total. The number of aryl methyl sites for hydroxylation is 1. The first-order valence-corrected chi connectivity index (χ1v) is 8.71. The molecule has 10 heteroatoms. The van der Waals surface area contributed by atoms with E-state index in [-0.39, 0.29) is 49.0 Å². The maximum atomic E-state index is 13.0. The summed E-state index contributed by atoms with van der Waals surface area (Å²) in [6.45, 7) is 5.10. The topological polar surface area (TPSA) is 89.0 Å². The third-order valence-corrected chi connectivity index (χ3v) is 3.64. The summed E-state index contributed by atoms with van der Waals surface area (Å²) in [5, 5.41) is 5.54. The molecule has 1 unspecified atom stereocenters. The van der Waals surface area contributed by atoms with Gasteiger partial charge in [0.25, 0.3) is 0 Å². The molecule has 0 aliphatic carbocycles. The third-order valence-electron chi connectivity index (χ3n) is 3.64. The van der Waals surface area contributed by atoms with Crippen LogP contribution in [-0.4, -0.2) is 33.5 Å². The Morgan fingerprint density at radius 2 is 1.86 bits per heavy atom. The molecular weight excluding hydrogens is 375 g/mol. The minimum atomic E-state index is -4.43. The molecule has 1 aromatic heterocycles. The lowest BCUT2D eigenvalue weighted by molar-refractivity contribution is -0.138. The molecule has 2 N–H and O–H groups in total. The second kappa shape index (κ2) is 9.45. The zero-order valence-electron chi connectivity index (χ0n) is 15.8. The summed E-state index contributed by atoms with van der Waals surface area (Å²) in [6.07, 6.45) is -4.14. The van der Waals surface area contributed by atoms with Crippen LogP contribution in [0.4, 0.5) is 25.1 Å². The number of alkyl halides is 3. The standard InChI is InChI=1S/C18H22F3N5O2/c1-4-15(27)25-17-24-12(3)23-16(26-17)22-11(2)9-28-10-13-7-5-6-8-14(13)18(19,20)21/h5-8,11H,4,9-10H2,1-3H3,(H2,22,23,24,25,26,27). The number of rotatable bonds is 8. The van der Waals surface area contributed by atoms with Crippen LogP contribution in [0, 0.1) is 6.92 Å². The maximum Gasteiger partial charge on any atom is 0.416 e. The van der Waals surface area contributed by atoms with Crippen molar-refractivity contribution in [1.29, 1.82) is 0 Å². The van der Waals surface area contributed by atoms with Crippen LogP contribution >= 0.6 is 0 Å². The van der Waals surface area contributed by atoms with Gasteiger partial charge in [-0.2, -0.15) is 28.1 Å². The number of carbonyl (C=O) groups is 1. The van der Waals surface area contributed by atoms with E-state index < -0.39 is 11.7 Å². The molecular formula is C18H22F3N5O2. The Kier molecular flexibility index (Phi) is 7.27. The SMILES string of the molecule is CCC(=O)Nc1nc(C)nc(NC(C)COCc2ccccc2C(F)(F)F)n1. The van der Waals surface area contributed by atoms with Crippen molar-refractivity contribution in [3.05, 3.63) is 41.2 Å². The van der Waals surface area contributed by atoms with E-state index in [2.05, 4.69) is 25.6 Å². The number of halogens is 3. The molecule has 0 aliphatic heterocycles. The van der Waals surface area contributed by atoms with Crippen LogP contribution in [0.1, 0.15) is 37.2 Å². The Morgan fingerprint density at radius 3 is 2.54 bits per heavy atom. The van der Waals surface area contributed by atoms with E-state index in [1.807, 2.05) is 0 Å². The largest absolute Gasteiger partial charge is 0.416 e. The zero-order valence-corrected chi connectivity index (χ0v) is 15.8. The van der Waals surface area contributed by atoms with Crippen LogP contribution in [0.25, 0.3) is 0 Å². The van der Waals surface area contributed by atoms with Crippen molar-refractivity contribution in [3.8, 4) is 0 Å². The van der Waals surface area contributed by atoms with E-state index in [1.165, 1.54) is 18.2 Å². The molecule has 0 aliphatic rings. The molecule has 28 heavy (non-hydrogen) atoms. The molecule has 1 heterocycles. The molecule has 1 atom stereocenters. The predicted octanol–water partition coefficient (Wildman–Crippen LogP) is 3.56. The van der Waals surface area contributed by atoms with E-state index in [4.69, 9.17) is 4.74 Å². The molecule has 0 fully saturated rings. The minimum Gasteiger partial charge on any atom is -0.375 e. The van der Waals surface area contributed by atoms with Gasteiger partial charge >= 0.3 is 6.18 Å². The Morgan fingerprint density at radius 1 is 1.18 bits per heavy atom. The highest BCUT2D eigenvalue weighted by Crippen LogP contribution is 2.32. The van der Waals surface area contributed by atoms with Gasteiger partial charge in [-0.25, -0.2) is 0 Å². The van der Waals surface area contributed by atoms with E-state index in [0.717, 1.165) is 6.07 Å². The highest BCUT2D eigenvalue weighted by atomic mass is 19.4. The molecule has 2 aromatic rings. The molecule has 1 aromatic carbocycles. The van der Waals surface area contributed by atoms with Crippen molar-refractivity contribution in [3.63, 3.8) is 0 Å². The molecule has 2 rings (SSSR count). The number of amides is 1. The number of nitrogens with zero attached hydrogens (tertiary/aromatic N) is 3. The first-order valence-electron chi connectivity index (χ1n) is 8.71. The van der Waals surface area contributed by atoms with Gasteiger partial charge in [-0.15, -0.1) is 0 Å². The third kappa shape index (κ3) is 6.45. The van der Waals surface area contributed by atoms with Crippen molar-refractivity contribution in [2.45, 2.75) is 46.0 Å². The Hall–Kier alpha value is -2.75. The number of carbonyl (C=O) groups excluding carboxylic acids is 1. The number of hydrogen-bond donors (Lipinski definition) is 2. The quantitative estimate of drug-likeness (QED) is 0.708. The fourth-order valence-electron chi connectivity index (χ4n) is 2.35. The molecule has 0 spiro atoms. The van der Waals surface area contributed by atoms with Crippen LogP contribution in [0.15, 0.2) is 24.3 Å². The number of benzene rings is 1. The predicted molar refractivity (Wildman–Crippen MR) is 97.7 cm³/mol. The molecule has 0 radical (unpaired) electrons. The van der Waals surface area contributed by atoms with E-state index in [0.29, 0.717) is 5.82 Å². The molecule has 0 bridgehead atoms. The van der Waals surface area contributed by atoms with Gasteiger partial charge in [0.1, 0.15) is 5.82 Å². The van der Waals surface area contributed by atoms with Crippen molar-refractivity contribution in [2.75, 3.05) is 17.2 Å². The molecule has 0 saturated carbocycles. The summed E-state index contributed by atoms with van der Waals surface area (Å²) in [7, 11) is 0. The lowest BCUT2D eigenvalue weighted by Crippen LogP contribution is -2.24. The van der Waals surface area contributed by atoms with Gasteiger partial charge in [0, 0.05) is 12.5 Å². The minimum absolute atomic E-state index is 0.0720. The highest BCUT2D eigenvalue weighted by Gasteiger charge is 2.32. The van der Waals surface area contributed by atoms with Crippen LogP contribution < -0.4 is 10.6 Å². The average molecular weight is 397 g/mol. The van der Waals surface area contributed by atoms with Gasteiger partial charge in [-0.3, -0.25) is 10.1 Å². The monoisotopic (exact) mass is 397 g/mol. The summed E-state index contributed by atoms with van der Waals surface area (Å²) in [5.41, 5.74) is -0.636.